The summed E-state index contributed by atoms with van der Waals surface area (Å²) in [6, 6.07) is 7.69. The third kappa shape index (κ3) is 5.21. The second-order valence-corrected chi connectivity index (χ2v) is 9.59. The molecule has 1 aliphatic carbocycles. The molecular weight excluding hydrogens is 407 g/mol. The Morgan fingerprint density at radius 3 is 2.06 bits per heavy atom. The molecule has 1 saturated carbocycles. The van der Waals surface area contributed by atoms with Gasteiger partial charge in [0, 0.05) is 37.3 Å². The maximum Gasteiger partial charge on any atom is 0.421 e. The summed E-state index contributed by atoms with van der Waals surface area (Å²) in [5.41, 5.74) is -3.34. The Hall–Kier alpha value is -2.11. The molecule has 0 spiro atoms. The molecule has 1 N–H and O–H groups in total. The Bertz CT molecular complexity index is 831. The average Bonchev–Trinajstić information content (AvgIpc) is 3.53. The molecule has 1 atom stereocenters. The zero-order valence-corrected chi connectivity index (χ0v) is 18.2. The van der Waals surface area contributed by atoms with Crippen molar-refractivity contribution in [2.24, 2.45) is 5.41 Å². The summed E-state index contributed by atoms with van der Waals surface area (Å²) in [6.07, 6.45) is -1.30. The Labute approximate surface area is 181 Å². The molecule has 0 aromatic heterocycles. The molecule has 2 fully saturated rings. The molecule has 0 radical (unpaired) electrons. The number of halogens is 3. The molecule has 2 aliphatic rings. The van der Waals surface area contributed by atoms with Gasteiger partial charge in [-0.1, -0.05) is 12.1 Å². The number of aliphatic hydroxyl groups is 1. The first kappa shape index (κ1) is 23.6. The fraction of sp³-hybridized carbons (Fsp3) is 0.652. The van der Waals surface area contributed by atoms with Gasteiger partial charge >= 0.3 is 6.18 Å². The number of alkyl halides is 3. The Kier molecular flexibility index (Phi) is 6.41. The van der Waals surface area contributed by atoms with E-state index in [9.17, 15) is 28.3 Å². The topological polar surface area (TPSA) is 67.6 Å². The Balaban J connectivity index is 1.69. The fourth-order valence-corrected chi connectivity index (χ4v) is 4.18. The minimum absolute atomic E-state index is 0.0828. The van der Waals surface area contributed by atoms with Gasteiger partial charge < -0.3 is 14.9 Å². The molecule has 1 heterocycles. The lowest BCUT2D eigenvalue weighted by Gasteiger charge is -2.40. The number of nitrogens with zero attached hydrogens (tertiary/aromatic N) is 3. The first-order valence-corrected chi connectivity index (χ1v) is 10.7. The van der Waals surface area contributed by atoms with Gasteiger partial charge in [0.25, 0.3) is 5.91 Å². The number of carbonyl (C=O) groups excluding carboxylic acids is 1. The minimum Gasteiger partial charge on any atom is -0.376 e. The number of hydrogen-bond acceptors (Lipinski definition) is 4. The minimum atomic E-state index is -4.80. The number of rotatable bonds is 6. The van der Waals surface area contributed by atoms with Gasteiger partial charge in [0.1, 0.15) is 0 Å². The van der Waals surface area contributed by atoms with E-state index < -0.39 is 17.2 Å². The maximum absolute atomic E-state index is 13.2. The van der Waals surface area contributed by atoms with E-state index in [0.717, 1.165) is 38.8 Å². The van der Waals surface area contributed by atoms with Crippen LogP contribution in [0.1, 0.15) is 62.4 Å². The van der Waals surface area contributed by atoms with Crippen LogP contribution >= 0.6 is 0 Å². The first-order valence-electron chi connectivity index (χ1n) is 10.7. The molecule has 5 nitrogen and oxygen atoms in total. The lowest BCUT2D eigenvalue weighted by Crippen LogP contribution is -2.49. The van der Waals surface area contributed by atoms with Crippen LogP contribution in [0.5, 0.6) is 0 Å². The van der Waals surface area contributed by atoms with Crippen molar-refractivity contribution in [1.82, 2.24) is 9.80 Å². The number of nitriles is 1. The zero-order valence-electron chi connectivity index (χ0n) is 18.2. The largest absolute Gasteiger partial charge is 0.421 e. The summed E-state index contributed by atoms with van der Waals surface area (Å²) in [7, 11) is 0. The van der Waals surface area contributed by atoms with Crippen molar-refractivity contribution in [3.05, 3.63) is 35.4 Å². The smallest absolute Gasteiger partial charge is 0.376 e. The Morgan fingerprint density at radius 2 is 1.61 bits per heavy atom. The van der Waals surface area contributed by atoms with Gasteiger partial charge in [-0.25, -0.2) is 0 Å². The van der Waals surface area contributed by atoms with Crippen LogP contribution in [-0.2, 0) is 5.60 Å². The average molecular weight is 438 g/mol. The number of likely N-dealkylation sites (tertiary alicyclic amines) is 1. The van der Waals surface area contributed by atoms with Gasteiger partial charge in [-0.2, -0.15) is 18.4 Å². The van der Waals surface area contributed by atoms with E-state index in [1.54, 1.807) is 0 Å². The van der Waals surface area contributed by atoms with Crippen LogP contribution in [0.4, 0.5) is 13.2 Å². The van der Waals surface area contributed by atoms with Gasteiger partial charge in [-0.05, 0) is 64.2 Å². The molecule has 170 valence electrons. The summed E-state index contributed by atoms with van der Waals surface area (Å²) < 4.78 is 39.2. The van der Waals surface area contributed by atoms with Crippen molar-refractivity contribution < 1.29 is 23.1 Å². The zero-order chi connectivity index (χ0) is 23.0. The van der Waals surface area contributed by atoms with E-state index >= 15 is 0 Å². The molecule has 1 saturated heterocycles. The number of benzene rings is 1. The first-order chi connectivity index (χ1) is 14.4. The van der Waals surface area contributed by atoms with Crippen molar-refractivity contribution in [2.75, 3.05) is 19.6 Å². The third-order valence-electron chi connectivity index (χ3n) is 6.29. The Morgan fingerprint density at radius 1 is 1.10 bits per heavy atom. The second kappa shape index (κ2) is 8.44. The summed E-state index contributed by atoms with van der Waals surface area (Å²) in [5.74, 6) is -0.170. The number of piperidine rings is 1. The molecule has 1 aromatic rings. The van der Waals surface area contributed by atoms with Crippen LogP contribution in [0, 0.1) is 16.7 Å². The molecule has 1 aromatic carbocycles. The molecule has 3 rings (SSSR count). The molecule has 1 aliphatic heterocycles. The van der Waals surface area contributed by atoms with Gasteiger partial charge in [0.2, 0.25) is 0 Å². The summed E-state index contributed by atoms with van der Waals surface area (Å²) >= 11 is 0. The standard InChI is InChI=1S/C23H30F3N3O2/c1-21(2,14-27)15-28-12-10-19(11-13-28)29(18-8-9-18)20(30)16-4-6-17(7-5-16)22(3,31)23(24,25)26/h4-7,18-19,31H,8-13,15H2,1-3H3/t22-/m0/s1. The molecule has 31 heavy (non-hydrogen) atoms. The highest BCUT2D eigenvalue weighted by molar-refractivity contribution is 5.95. The third-order valence-corrected chi connectivity index (χ3v) is 6.29. The van der Waals surface area contributed by atoms with Gasteiger partial charge in [0.05, 0.1) is 11.5 Å². The second-order valence-electron chi connectivity index (χ2n) is 9.59. The lowest BCUT2D eigenvalue weighted by molar-refractivity contribution is -0.258. The number of carbonyl (C=O) groups is 1. The number of amides is 1. The normalized spacial score (nSPS) is 20.7. The number of hydrogen-bond donors (Lipinski definition) is 1. The van der Waals surface area contributed by atoms with Gasteiger partial charge in [-0.3, -0.25) is 4.79 Å². The van der Waals surface area contributed by atoms with Crippen molar-refractivity contribution in [2.45, 2.75) is 70.3 Å². The summed E-state index contributed by atoms with van der Waals surface area (Å²) in [5, 5.41) is 19.1. The van der Waals surface area contributed by atoms with Crippen LogP contribution in [0.2, 0.25) is 0 Å². The highest BCUT2D eigenvalue weighted by atomic mass is 19.4. The fourth-order valence-electron chi connectivity index (χ4n) is 4.18. The van der Waals surface area contributed by atoms with E-state index in [1.165, 1.54) is 24.3 Å². The summed E-state index contributed by atoms with van der Waals surface area (Å²) in [4.78, 5) is 17.4. The molecule has 0 unspecified atom stereocenters. The van der Waals surface area contributed by atoms with Crippen LogP contribution in [0.15, 0.2) is 24.3 Å². The van der Waals surface area contributed by atoms with E-state index in [0.29, 0.717) is 19.0 Å². The highest BCUT2D eigenvalue weighted by Crippen LogP contribution is 2.39. The molecular formula is C23H30F3N3O2. The van der Waals surface area contributed by atoms with E-state index in [2.05, 4.69) is 11.0 Å². The van der Waals surface area contributed by atoms with Crippen LogP contribution in [0.3, 0.4) is 0 Å². The highest BCUT2D eigenvalue weighted by Gasteiger charge is 2.51. The van der Waals surface area contributed by atoms with Gasteiger partial charge in [0.15, 0.2) is 5.60 Å². The van der Waals surface area contributed by atoms with E-state index in [-0.39, 0.29) is 23.6 Å². The van der Waals surface area contributed by atoms with Crippen LogP contribution < -0.4 is 0 Å². The summed E-state index contributed by atoms with van der Waals surface area (Å²) in [6.45, 7) is 6.84. The monoisotopic (exact) mass is 437 g/mol. The van der Waals surface area contributed by atoms with E-state index in [4.69, 9.17) is 0 Å². The molecule has 0 bridgehead atoms. The SMILES string of the molecule is CC(C)(C#N)CN1CCC(N(C(=O)c2ccc([C@](C)(O)C(F)(F)F)cc2)C2CC2)CC1. The van der Waals surface area contributed by atoms with Crippen molar-refractivity contribution in [1.29, 1.82) is 5.26 Å². The molecule has 1 amide bonds. The maximum atomic E-state index is 13.2. The van der Waals surface area contributed by atoms with Crippen molar-refractivity contribution in [3.8, 4) is 6.07 Å². The lowest BCUT2D eigenvalue weighted by atomic mass is 9.92. The van der Waals surface area contributed by atoms with Crippen molar-refractivity contribution >= 4 is 5.91 Å². The van der Waals surface area contributed by atoms with Gasteiger partial charge in [-0.15, -0.1) is 0 Å². The van der Waals surface area contributed by atoms with Crippen molar-refractivity contribution in [3.63, 3.8) is 0 Å². The predicted molar refractivity (Wildman–Crippen MR) is 110 cm³/mol. The van der Waals surface area contributed by atoms with Crippen LogP contribution in [-0.4, -0.2) is 58.7 Å². The molecule has 8 heteroatoms. The van der Waals surface area contributed by atoms with E-state index in [1.807, 2.05) is 18.7 Å². The predicted octanol–water partition coefficient (Wildman–Crippen LogP) is 4.08. The van der Waals surface area contributed by atoms with Crippen LogP contribution in [0.25, 0.3) is 0 Å². The quantitative estimate of drug-likeness (QED) is 0.728.